The van der Waals surface area contributed by atoms with Crippen LogP contribution in [0, 0.1) is 11.8 Å². The highest BCUT2D eigenvalue weighted by molar-refractivity contribution is 4.72. The van der Waals surface area contributed by atoms with Crippen molar-refractivity contribution in [2.45, 2.75) is 39.0 Å². The average Bonchev–Trinajstić information content (AvgIpc) is 2.23. The van der Waals surface area contributed by atoms with Crippen molar-refractivity contribution in [1.29, 1.82) is 0 Å². The number of ether oxygens (including phenoxy) is 1. The number of nitrogens with one attached hydrogen (secondary N) is 1. The second-order valence-electron chi connectivity index (χ2n) is 4.81. The Kier molecular flexibility index (Phi) is 6.88. The smallest absolute Gasteiger partial charge is 0.261 e. The van der Waals surface area contributed by atoms with Crippen molar-refractivity contribution in [2.24, 2.45) is 11.8 Å². The Balaban J connectivity index is 1.90. The summed E-state index contributed by atoms with van der Waals surface area (Å²) in [7, 11) is 0. The summed E-state index contributed by atoms with van der Waals surface area (Å²) >= 11 is 0. The molecule has 2 unspecified atom stereocenters. The molecule has 1 saturated carbocycles. The first-order valence-corrected chi connectivity index (χ1v) is 6.25. The highest BCUT2D eigenvalue weighted by atomic mass is 19.3. The molecule has 0 amide bonds. The second kappa shape index (κ2) is 7.96. The third-order valence-corrected chi connectivity index (χ3v) is 3.15. The van der Waals surface area contributed by atoms with Gasteiger partial charge in [-0.2, -0.15) is 0 Å². The van der Waals surface area contributed by atoms with Gasteiger partial charge in [0.2, 0.25) is 0 Å². The van der Waals surface area contributed by atoms with E-state index in [4.69, 9.17) is 4.74 Å². The van der Waals surface area contributed by atoms with Crippen LogP contribution in [0.5, 0.6) is 0 Å². The molecule has 0 bridgehead atoms. The van der Waals surface area contributed by atoms with Gasteiger partial charge < -0.3 is 10.1 Å². The number of rotatable bonds is 7. The molecule has 1 rings (SSSR count). The quantitative estimate of drug-likeness (QED) is 0.685. The van der Waals surface area contributed by atoms with E-state index in [2.05, 4.69) is 12.2 Å². The van der Waals surface area contributed by atoms with E-state index < -0.39 is 13.0 Å². The van der Waals surface area contributed by atoms with E-state index in [0.717, 1.165) is 18.4 Å². The van der Waals surface area contributed by atoms with Gasteiger partial charge in [-0.15, -0.1) is 0 Å². The Morgan fingerprint density at radius 3 is 2.88 bits per heavy atom. The monoisotopic (exact) mass is 235 g/mol. The van der Waals surface area contributed by atoms with Crippen molar-refractivity contribution in [3.63, 3.8) is 0 Å². The van der Waals surface area contributed by atoms with E-state index in [0.29, 0.717) is 13.2 Å². The van der Waals surface area contributed by atoms with Crippen LogP contribution >= 0.6 is 0 Å². The Morgan fingerprint density at radius 1 is 1.38 bits per heavy atom. The van der Waals surface area contributed by atoms with Crippen LogP contribution in [0.25, 0.3) is 0 Å². The van der Waals surface area contributed by atoms with Crippen LogP contribution in [-0.2, 0) is 4.74 Å². The molecule has 1 aliphatic rings. The van der Waals surface area contributed by atoms with E-state index in [1.807, 2.05) is 0 Å². The number of halogens is 2. The molecule has 0 saturated heterocycles. The lowest BCUT2D eigenvalue weighted by Gasteiger charge is -2.26. The summed E-state index contributed by atoms with van der Waals surface area (Å²) < 4.78 is 28.3. The zero-order valence-electron chi connectivity index (χ0n) is 10.1. The molecule has 1 aliphatic carbocycles. The normalized spacial score (nSPS) is 26.2. The lowest BCUT2D eigenvalue weighted by Crippen LogP contribution is -2.29. The lowest BCUT2D eigenvalue weighted by molar-refractivity contribution is 0.0185. The van der Waals surface area contributed by atoms with E-state index in [-0.39, 0.29) is 0 Å². The molecule has 1 N–H and O–H groups in total. The minimum absolute atomic E-state index is 0.382. The molecule has 4 heteroatoms. The topological polar surface area (TPSA) is 21.3 Å². The average molecular weight is 235 g/mol. The van der Waals surface area contributed by atoms with Crippen LogP contribution in [0.4, 0.5) is 8.78 Å². The van der Waals surface area contributed by atoms with E-state index in [1.54, 1.807) is 0 Å². The third-order valence-electron chi connectivity index (χ3n) is 3.15. The minimum Gasteiger partial charge on any atom is -0.374 e. The van der Waals surface area contributed by atoms with Crippen molar-refractivity contribution < 1.29 is 13.5 Å². The van der Waals surface area contributed by atoms with Gasteiger partial charge >= 0.3 is 0 Å². The molecule has 0 aliphatic heterocycles. The molecule has 1 fully saturated rings. The van der Waals surface area contributed by atoms with Gasteiger partial charge in [0.25, 0.3) is 6.43 Å². The molecule has 0 aromatic carbocycles. The largest absolute Gasteiger partial charge is 0.374 e. The van der Waals surface area contributed by atoms with Crippen LogP contribution < -0.4 is 5.32 Å². The maximum atomic E-state index is 11.7. The molecule has 16 heavy (non-hydrogen) atoms. The molecule has 0 heterocycles. The van der Waals surface area contributed by atoms with Crippen molar-refractivity contribution in [2.75, 3.05) is 26.3 Å². The molecule has 96 valence electrons. The first-order valence-electron chi connectivity index (χ1n) is 6.25. The SMILES string of the molecule is CC1CCCC(CNCCOCC(F)F)C1. The standard InChI is InChI=1S/C12H23F2NO/c1-10-3-2-4-11(7-10)8-15-5-6-16-9-12(13)14/h10-12,15H,2-9H2,1H3. The molecule has 0 spiro atoms. The maximum absolute atomic E-state index is 11.7. The number of alkyl halides is 2. The van der Waals surface area contributed by atoms with Crippen LogP contribution in [-0.4, -0.2) is 32.7 Å². The maximum Gasteiger partial charge on any atom is 0.261 e. The van der Waals surface area contributed by atoms with Crippen LogP contribution in [0.15, 0.2) is 0 Å². The zero-order chi connectivity index (χ0) is 11.8. The lowest BCUT2D eigenvalue weighted by atomic mass is 9.82. The summed E-state index contributed by atoms with van der Waals surface area (Å²) in [5, 5.41) is 3.28. The summed E-state index contributed by atoms with van der Waals surface area (Å²) in [6.07, 6.45) is 2.93. The van der Waals surface area contributed by atoms with Gasteiger partial charge in [0.1, 0.15) is 6.61 Å². The van der Waals surface area contributed by atoms with Gasteiger partial charge in [-0.25, -0.2) is 8.78 Å². The Labute approximate surface area is 96.7 Å². The van der Waals surface area contributed by atoms with Gasteiger partial charge in [-0.05, 0) is 31.2 Å². The summed E-state index contributed by atoms with van der Waals surface area (Å²) in [6.45, 7) is 3.92. The van der Waals surface area contributed by atoms with Gasteiger partial charge in [-0.3, -0.25) is 0 Å². The van der Waals surface area contributed by atoms with Crippen LogP contribution in [0.3, 0.4) is 0 Å². The number of hydrogen-bond donors (Lipinski definition) is 1. The molecule has 2 atom stereocenters. The summed E-state index contributed by atoms with van der Waals surface area (Å²) in [4.78, 5) is 0. The summed E-state index contributed by atoms with van der Waals surface area (Å²) in [6, 6.07) is 0. The molecule has 2 nitrogen and oxygen atoms in total. The van der Waals surface area contributed by atoms with Crippen molar-refractivity contribution in [3.05, 3.63) is 0 Å². The number of hydrogen-bond acceptors (Lipinski definition) is 2. The first-order chi connectivity index (χ1) is 7.68. The Hall–Kier alpha value is -0.220. The molecular formula is C12H23F2NO. The second-order valence-corrected chi connectivity index (χ2v) is 4.81. The Bertz CT molecular complexity index is 178. The van der Waals surface area contributed by atoms with Crippen LogP contribution in [0.2, 0.25) is 0 Å². The molecule has 0 radical (unpaired) electrons. The predicted octanol–water partition coefficient (Wildman–Crippen LogP) is 2.68. The summed E-state index contributed by atoms with van der Waals surface area (Å²) in [5.41, 5.74) is 0. The van der Waals surface area contributed by atoms with E-state index in [1.165, 1.54) is 25.7 Å². The molecule has 0 aromatic rings. The Morgan fingerprint density at radius 2 is 2.19 bits per heavy atom. The van der Waals surface area contributed by atoms with Gasteiger partial charge in [0.15, 0.2) is 0 Å². The minimum atomic E-state index is -2.35. The highest BCUT2D eigenvalue weighted by Gasteiger charge is 2.17. The fourth-order valence-electron chi connectivity index (χ4n) is 2.37. The zero-order valence-corrected chi connectivity index (χ0v) is 10.1. The van der Waals surface area contributed by atoms with E-state index in [9.17, 15) is 8.78 Å². The van der Waals surface area contributed by atoms with Gasteiger partial charge in [0.05, 0.1) is 6.61 Å². The molecule has 0 aromatic heterocycles. The van der Waals surface area contributed by atoms with Crippen molar-refractivity contribution >= 4 is 0 Å². The van der Waals surface area contributed by atoms with Crippen molar-refractivity contribution in [1.82, 2.24) is 5.32 Å². The highest BCUT2D eigenvalue weighted by Crippen LogP contribution is 2.27. The summed E-state index contributed by atoms with van der Waals surface area (Å²) in [5.74, 6) is 1.61. The fourth-order valence-corrected chi connectivity index (χ4v) is 2.37. The van der Waals surface area contributed by atoms with Crippen molar-refractivity contribution in [3.8, 4) is 0 Å². The van der Waals surface area contributed by atoms with Gasteiger partial charge in [0, 0.05) is 6.54 Å². The predicted molar refractivity (Wildman–Crippen MR) is 60.8 cm³/mol. The third kappa shape index (κ3) is 6.38. The molecular weight excluding hydrogens is 212 g/mol. The fraction of sp³-hybridized carbons (Fsp3) is 1.00. The van der Waals surface area contributed by atoms with Crippen LogP contribution in [0.1, 0.15) is 32.6 Å². The van der Waals surface area contributed by atoms with Gasteiger partial charge in [-0.1, -0.05) is 19.8 Å². The first kappa shape index (κ1) is 13.8. The van der Waals surface area contributed by atoms with E-state index >= 15 is 0 Å².